The molecular formula is C5H10NO2S. The van der Waals surface area contributed by atoms with Crippen LogP contribution in [0, 0.1) is 0 Å². The zero-order valence-corrected chi connectivity index (χ0v) is 5.91. The minimum absolute atomic E-state index is 0.342. The molecule has 0 amide bonds. The number of hydrogen-bond acceptors (Lipinski definition) is 2. The van der Waals surface area contributed by atoms with E-state index < -0.39 is 5.30 Å². The third-order valence-corrected chi connectivity index (χ3v) is 3.19. The van der Waals surface area contributed by atoms with E-state index in [0.717, 1.165) is 24.6 Å². The molecule has 0 unspecified atom stereocenters. The smallest absolute Gasteiger partial charge is 0.355 e. The van der Waals surface area contributed by atoms with E-state index in [0.29, 0.717) is 0 Å². The molecule has 1 fully saturated rings. The zero-order valence-electron chi connectivity index (χ0n) is 5.09. The first-order valence-electron chi connectivity index (χ1n) is 2.92. The Bertz CT molecular complexity index is 112. The summed E-state index contributed by atoms with van der Waals surface area (Å²) in [7, 11) is -0.342. The molecule has 0 aromatic heterocycles. The van der Waals surface area contributed by atoms with Crippen LogP contribution in [0.5, 0.6) is 0 Å². The summed E-state index contributed by atoms with van der Waals surface area (Å²) in [5.74, 6) is 1.63. The summed E-state index contributed by atoms with van der Waals surface area (Å²) in [6.07, 6.45) is 0. The average Bonchev–Trinajstić information content (AvgIpc) is 1.90. The van der Waals surface area contributed by atoms with Gasteiger partial charge in [-0.05, 0) is 0 Å². The van der Waals surface area contributed by atoms with Crippen LogP contribution in [0.4, 0.5) is 4.79 Å². The van der Waals surface area contributed by atoms with E-state index in [1.807, 2.05) is 0 Å². The maximum Gasteiger partial charge on any atom is 0.355 e. The Morgan fingerprint density at radius 2 is 2.00 bits per heavy atom. The highest BCUT2D eigenvalue weighted by Gasteiger charge is 2.16. The predicted octanol–water partition coefficient (Wildman–Crippen LogP) is 0.536. The van der Waals surface area contributed by atoms with Gasteiger partial charge in [0.15, 0.2) is 0 Å². The van der Waals surface area contributed by atoms with Crippen molar-refractivity contribution in [1.82, 2.24) is 5.32 Å². The van der Waals surface area contributed by atoms with E-state index >= 15 is 0 Å². The summed E-state index contributed by atoms with van der Waals surface area (Å²) >= 11 is 0. The molecule has 0 atom stereocenters. The van der Waals surface area contributed by atoms with E-state index in [-0.39, 0.29) is 10.9 Å². The molecule has 1 heterocycles. The first-order chi connectivity index (χ1) is 4.30. The molecule has 0 saturated carbocycles. The molecule has 0 aliphatic carbocycles. The summed E-state index contributed by atoms with van der Waals surface area (Å²) < 4.78 is 0. The summed E-state index contributed by atoms with van der Waals surface area (Å²) in [4.78, 5) is 10.3. The molecule has 4 heteroatoms. The Morgan fingerprint density at radius 3 is 2.33 bits per heavy atom. The zero-order chi connectivity index (χ0) is 6.69. The molecule has 1 radical (unpaired) electrons. The van der Waals surface area contributed by atoms with Gasteiger partial charge >= 0.3 is 5.30 Å². The molecule has 1 aliphatic rings. The molecule has 9 heavy (non-hydrogen) atoms. The molecule has 2 N–H and O–H groups in total. The lowest BCUT2D eigenvalue weighted by Crippen LogP contribution is -2.30. The second-order valence-electron chi connectivity index (χ2n) is 1.92. The van der Waals surface area contributed by atoms with Crippen LogP contribution >= 0.6 is 10.9 Å². The van der Waals surface area contributed by atoms with Crippen molar-refractivity contribution in [3.63, 3.8) is 0 Å². The van der Waals surface area contributed by atoms with Gasteiger partial charge in [0.25, 0.3) is 0 Å². The Kier molecular flexibility index (Phi) is 2.36. The number of carbonyl (C=O) groups is 1. The van der Waals surface area contributed by atoms with E-state index in [9.17, 15) is 4.79 Å². The fraction of sp³-hybridized carbons (Fsp3) is 0.800. The monoisotopic (exact) mass is 148 g/mol. The summed E-state index contributed by atoms with van der Waals surface area (Å²) in [5.41, 5.74) is 0. The van der Waals surface area contributed by atoms with E-state index in [2.05, 4.69) is 5.32 Å². The number of rotatable bonds is 0. The van der Waals surface area contributed by atoms with Gasteiger partial charge < -0.3 is 10.4 Å². The van der Waals surface area contributed by atoms with Crippen molar-refractivity contribution in [3.8, 4) is 0 Å². The van der Waals surface area contributed by atoms with Crippen molar-refractivity contribution >= 4 is 16.2 Å². The minimum atomic E-state index is -0.614. The predicted molar refractivity (Wildman–Crippen MR) is 38.2 cm³/mol. The standard InChI is InChI=1S/C5H10NO2S/c7-5(8)9-3-1-6-2-4-9/h6H,1-4H2,(H,7,8). The van der Waals surface area contributed by atoms with Crippen molar-refractivity contribution in [1.29, 1.82) is 0 Å². The van der Waals surface area contributed by atoms with Crippen molar-refractivity contribution in [3.05, 3.63) is 0 Å². The van der Waals surface area contributed by atoms with Crippen LogP contribution in [-0.2, 0) is 0 Å². The maximum atomic E-state index is 10.3. The maximum absolute atomic E-state index is 10.3. The largest absolute Gasteiger partial charge is 0.474 e. The van der Waals surface area contributed by atoms with E-state index in [1.165, 1.54) is 0 Å². The minimum Gasteiger partial charge on any atom is -0.474 e. The summed E-state index contributed by atoms with van der Waals surface area (Å²) in [6, 6.07) is 0. The van der Waals surface area contributed by atoms with Gasteiger partial charge in [0.2, 0.25) is 0 Å². The van der Waals surface area contributed by atoms with Gasteiger partial charge in [0.1, 0.15) is 0 Å². The molecular weight excluding hydrogens is 138 g/mol. The van der Waals surface area contributed by atoms with Crippen LogP contribution in [0.25, 0.3) is 0 Å². The lowest BCUT2D eigenvalue weighted by Gasteiger charge is -2.19. The van der Waals surface area contributed by atoms with Gasteiger partial charge in [0, 0.05) is 24.6 Å². The van der Waals surface area contributed by atoms with Crippen LogP contribution in [-0.4, -0.2) is 35.0 Å². The second kappa shape index (κ2) is 3.08. The number of carboxylic acid groups (broad SMARTS) is 1. The van der Waals surface area contributed by atoms with E-state index in [4.69, 9.17) is 5.11 Å². The average molecular weight is 148 g/mol. The van der Waals surface area contributed by atoms with Crippen LogP contribution in [0.1, 0.15) is 0 Å². The lowest BCUT2D eigenvalue weighted by molar-refractivity contribution is 0.221. The van der Waals surface area contributed by atoms with Crippen LogP contribution < -0.4 is 5.32 Å². The van der Waals surface area contributed by atoms with Crippen molar-refractivity contribution in [2.45, 2.75) is 0 Å². The SMILES string of the molecule is O=C(O)[S]1CCNCC1. The van der Waals surface area contributed by atoms with Crippen molar-refractivity contribution in [2.24, 2.45) is 0 Å². The van der Waals surface area contributed by atoms with E-state index in [1.54, 1.807) is 0 Å². The fourth-order valence-corrected chi connectivity index (χ4v) is 2.13. The molecule has 0 spiro atoms. The van der Waals surface area contributed by atoms with Crippen molar-refractivity contribution < 1.29 is 9.90 Å². The van der Waals surface area contributed by atoms with Gasteiger partial charge in [-0.25, -0.2) is 4.79 Å². The van der Waals surface area contributed by atoms with Crippen LogP contribution in [0.3, 0.4) is 0 Å². The van der Waals surface area contributed by atoms with Crippen LogP contribution in [0.15, 0.2) is 0 Å². The number of hydrogen-bond donors (Lipinski definition) is 2. The topological polar surface area (TPSA) is 49.3 Å². The number of nitrogens with one attached hydrogen (secondary N) is 1. The Labute approximate surface area is 56.8 Å². The Hall–Kier alpha value is -0.220. The van der Waals surface area contributed by atoms with Crippen LogP contribution in [0.2, 0.25) is 0 Å². The molecule has 1 aliphatic heterocycles. The third-order valence-electron chi connectivity index (χ3n) is 1.30. The second-order valence-corrected chi connectivity index (χ2v) is 4.07. The summed E-state index contributed by atoms with van der Waals surface area (Å²) in [6.45, 7) is 1.74. The molecule has 0 aromatic rings. The van der Waals surface area contributed by atoms with Crippen molar-refractivity contribution in [2.75, 3.05) is 24.6 Å². The molecule has 53 valence electrons. The normalized spacial score (nSPS) is 21.8. The van der Waals surface area contributed by atoms with Gasteiger partial charge in [-0.3, -0.25) is 0 Å². The molecule has 0 aromatic carbocycles. The first-order valence-corrected chi connectivity index (χ1v) is 4.48. The fourth-order valence-electron chi connectivity index (χ4n) is 0.792. The lowest BCUT2D eigenvalue weighted by atomic mass is 10.6. The van der Waals surface area contributed by atoms with Gasteiger partial charge in [-0.15, -0.1) is 0 Å². The molecule has 1 rings (SSSR count). The molecule has 1 saturated heterocycles. The van der Waals surface area contributed by atoms with Gasteiger partial charge in [-0.2, -0.15) is 0 Å². The molecule has 3 nitrogen and oxygen atoms in total. The quantitative estimate of drug-likeness (QED) is 0.527. The highest BCUT2D eigenvalue weighted by Crippen LogP contribution is 2.25. The highest BCUT2D eigenvalue weighted by atomic mass is 32.2. The molecule has 0 bridgehead atoms. The third kappa shape index (κ3) is 1.87. The first kappa shape index (κ1) is 6.89. The Morgan fingerprint density at radius 1 is 1.44 bits per heavy atom. The van der Waals surface area contributed by atoms with Gasteiger partial charge in [0.05, 0.1) is 0 Å². The van der Waals surface area contributed by atoms with Gasteiger partial charge in [-0.1, -0.05) is 10.9 Å². The summed E-state index contributed by atoms with van der Waals surface area (Å²) in [5, 5.41) is 11.0. The Balaban J connectivity index is 2.31. The highest BCUT2D eigenvalue weighted by molar-refractivity contribution is 8.29.